The number of hydrogen-bond donors (Lipinski definition) is 2. The van der Waals surface area contributed by atoms with Gasteiger partial charge in [0, 0.05) is 37.6 Å². The van der Waals surface area contributed by atoms with E-state index in [0.29, 0.717) is 5.56 Å². The molecule has 0 saturated carbocycles. The first-order valence-electron chi connectivity index (χ1n) is 6.51. The van der Waals surface area contributed by atoms with E-state index in [0.717, 1.165) is 11.4 Å². The molecule has 0 aliphatic carbocycles. The molecule has 0 saturated heterocycles. The van der Waals surface area contributed by atoms with Crippen LogP contribution in [0.4, 0.5) is 15.8 Å². The van der Waals surface area contributed by atoms with Gasteiger partial charge in [-0.15, -0.1) is 0 Å². The molecule has 106 valence electrons. The SMILES string of the molecule is CN(C)c1cccc(NCC(O)c2ccccc2F)c1. The zero-order valence-electron chi connectivity index (χ0n) is 11.7. The maximum absolute atomic E-state index is 13.5. The molecule has 0 spiro atoms. The number of nitrogens with zero attached hydrogens (tertiary/aromatic N) is 1. The van der Waals surface area contributed by atoms with Crippen molar-refractivity contribution < 1.29 is 9.50 Å². The van der Waals surface area contributed by atoms with E-state index in [2.05, 4.69) is 5.32 Å². The molecule has 2 aromatic carbocycles. The lowest BCUT2D eigenvalue weighted by Gasteiger charge is -2.16. The van der Waals surface area contributed by atoms with E-state index in [1.165, 1.54) is 6.07 Å². The van der Waals surface area contributed by atoms with Gasteiger partial charge in [0.15, 0.2) is 0 Å². The summed E-state index contributed by atoms with van der Waals surface area (Å²) in [5.74, 6) is -0.385. The van der Waals surface area contributed by atoms with Crippen molar-refractivity contribution >= 4 is 11.4 Å². The van der Waals surface area contributed by atoms with Crippen LogP contribution in [0, 0.1) is 5.82 Å². The molecular weight excluding hydrogens is 255 g/mol. The van der Waals surface area contributed by atoms with Crippen molar-refractivity contribution in [3.8, 4) is 0 Å². The maximum atomic E-state index is 13.5. The fraction of sp³-hybridized carbons (Fsp3) is 0.250. The van der Waals surface area contributed by atoms with Crippen LogP contribution in [0.1, 0.15) is 11.7 Å². The van der Waals surface area contributed by atoms with Crippen molar-refractivity contribution in [2.45, 2.75) is 6.10 Å². The summed E-state index contributed by atoms with van der Waals surface area (Å²) in [7, 11) is 3.93. The molecule has 2 aromatic rings. The van der Waals surface area contributed by atoms with Gasteiger partial charge in [-0.25, -0.2) is 4.39 Å². The molecule has 3 nitrogen and oxygen atoms in total. The van der Waals surface area contributed by atoms with E-state index in [1.807, 2.05) is 43.3 Å². The fourth-order valence-electron chi connectivity index (χ4n) is 1.96. The van der Waals surface area contributed by atoms with Gasteiger partial charge in [-0.1, -0.05) is 24.3 Å². The first kappa shape index (κ1) is 14.3. The van der Waals surface area contributed by atoms with Gasteiger partial charge in [-0.3, -0.25) is 0 Å². The minimum atomic E-state index is -0.876. The lowest BCUT2D eigenvalue weighted by atomic mass is 10.1. The van der Waals surface area contributed by atoms with Crippen molar-refractivity contribution in [1.29, 1.82) is 0 Å². The van der Waals surface area contributed by atoms with Gasteiger partial charge in [0.1, 0.15) is 5.82 Å². The van der Waals surface area contributed by atoms with Gasteiger partial charge in [0.05, 0.1) is 6.10 Å². The van der Waals surface area contributed by atoms with Gasteiger partial charge in [0.25, 0.3) is 0 Å². The van der Waals surface area contributed by atoms with Crippen molar-refractivity contribution in [3.63, 3.8) is 0 Å². The average Bonchev–Trinajstić information content (AvgIpc) is 2.45. The highest BCUT2D eigenvalue weighted by molar-refractivity contribution is 5.57. The van der Waals surface area contributed by atoms with Crippen molar-refractivity contribution in [3.05, 3.63) is 59.9 Å². The molecule has 1 atom stereocenters. The predicted molar refractivity (Wildman–Crippen MR) is 80.6 cm³/mol. The van der Waals surface area contributed by atoms with E-state index in [-0.39, 0.29) is 12.4 Å². The topological polar surface area (TPSA) is 35.5 Å². The highest BCUT2D eigenvalue weighted by Gasteiger charge is 2.11. The van der Waals surface area contributed by atoms with E-state index >= 15 is 0 Å². The van der Waals surface area contributed by atoms with Crippen LogP contribution >= 0.6 is 0 Å². The monoisotopic (exact) mass is 274 g/mol. The molecule has 2 N–H and O–H groups in total. The Balaban J connectivity index is 2.02. The highest BCUT2D eigenvalue weighted by Crippen LogP contribution is 2.20. The van der Waals surface area contributed by atoms with Crippen LogP contribution in [-0.4, -0.2) is 25.7 Å². The Kier molecular flexibility index (Phi) is 4.58. The van der Waals surface area contributed by atoms with E-state index in [4.69, 9.17) is 0 Å². The second-order valence-electron chi connectivity index (χ2n) is 4.86. The fourth-order valence-corrected chi connectivity index (χ4v) is 1.96. The Hall–Kier alpha value is -2.07. The molecule has 0 bridgehead atoms. The Morgan fingerprint density at radius 2 is 1.90 bits per heavy atom. The highest BCUT2D eigenvalue weighted by atomic mass is 19.1. The third-order valence-electron chi connectivity index (χ3n) is 3.13. The first-order chi connectivity index (χ1) is 9.58. The smallest absolute Gasteiger partial charge is 0.129 e. The summed E-state index contributed by atoms with van der Waals surface area (Å²) in [6, 6.07) is 14.1. The lowest BCUT2D eigenvalue weighted by Crippen LogP contribution is -2.14. The molecule has 0 aliphatic rings. The number of halogens is 1. The molecule has 0 heterocycles. The molecule has 0 aliphatic heterocycles. The van der Waals surface area contributed by atoms with Crippen LogP contribution in [0.5, 0.6) is 0 Å². The summed E-state index contributed by atoms with van der Waals surface area (Å²) < 4.78 is 13.5. The predicted octanol–water partition coefficient (Wildman–Crippen LogP) is 3.04. The van der Waals surface area contributed by atoms with Crippen molar-refractivity contribution in [1.82, 2.24) is 0 Å². The second kappa shape index (κ2) is 6.39. The van der Waals surface area contributed by atoms with Crippen LogP contribution in [0.2, 0.25) is 0 Å². The summed E-state index contributed by atoms with van der Waals surface area (Å²) >= 11 is 0. The number of aliphatic hydroxyl groups excluding tert-OH is 1. The Morgan fingerprint density at radius 1 is 1.15 bits per heavy atom. The van der Waals surface area contributed by atoms with Crippen LogP contribution in [0.25, 0.3) is 0 Å². The quantitative estimate of drug-likeness (QED) is 0.879. The van der Waals surface area contributed by atoms with E-state index in [1.54, 1.807) is 18.2 Å². The molecule has 4 heteroatoms. The first-order valence-corrected chi connectivity index (χ1v) is 6.51. The normalized spacial score (nSPS) is 12.0. The lowest BCUT2D eigenvalue weighted by molar-refractivity contribution is 0.186. The van der Waals surface area contributed by atoms with Gasteiger partial charge in [0.2, 0.25) is 0 Å². The van der Waals surface area contributed by atoms with E-state index in [9.17, 15) is 9.50 Å². The minimum absolute atomic E-state index is 0.262. The van der Waals surface area contributed by atoms with Gasteiger partial charge in [-0.2, -0.15) is 0 Å². The summed E-state index contributed by atoms with van der Waals surface area (Å²) in [5, 5.41) is 13.2. The molecule has 0 aromatic heterocycles. The molecule has 1 unspecified atom stereocenters. The van der Waals surface area contributed by atoms with E-state index < -0.39 is 6.10 Å². The van der Waals surface area contributed by atoms with Gasteiger partial charge in [-0.05, 0) is 24.3 Å². The molecular formula is C16H19FN2O. The standard InChI is InChI=1S/C16H19FN2O/c1-19(2)13-7-5-6-12(10-13)18-11-16(20)14-8-3-4-9-15(14)17/h3-10,16,18,20H,11H2,1-2H3. The molecule has 0 radical (unpaired) electrons. The number of anilines is 2. The van der Waals surface area contributed by atoms with Gasteiger partial charge < -0.3 is 15.3 Å². The molecule has 2 rings (SSSR count). The largest absolute Gasteiger partial charge is 0.386 e. The second-order valence-corrected chi connectivity index (χ2v) is 4.86. The molecule has 0 amide bonds. The maximum Gasteiger partial charge on any atom is 0.129 e. The van der Waals surface area contributed by atoms with Crippen molar-refractivity contribution in [2.24, 2.45) is 0 Å². The third-order valence-corrected chi connectivity index (χ3v) is 3.13. The minimum Gasteiger partial charge on any atom is -0.386 e. The number of rotatable bonds is 5. The molecule has 0 fully saturated rings. The number of aliphatic hydroxyl groups is 1. The Morgan fingerprint density at radius 3 is 2.60 bits per heavy atom. The van der Waals surface area contributed by atoms with Crippen LogP contribution < -0.4 is 10.2 Å². The summed E-state index contributed by atoms with van der Waals surface area (Å²) in [6.07, 6.45) is -0.876. The number of hydrogen-bond acceptors (Lipinski definition) is 3. The summed E-state index contributed by atoms with van der Waals surface area (Å²) in [4.78, 5) is 2.00. The third kappa shape index (κ3) is 3.48. The Bertz CT molecular complexity index is 572. The number of nitrogens with one attached hydrogen (secondary N) is 1. The zero-order chi connectivity index (χ0) is 14.5. The van der Waals surface area contributed by atoms with Crippen LogP contribution in [0.3, 0.4) is 0 Å². The van der Waals surface area contributed by atoms with Gasteiger partial charge >= 0.3 is 0 Å². The summed E-state index contributed by atoms with van der Waals surface area (Å²) in [6.45, 7) is 0.262. The van der Waals surface area contributed by atoms with Crippen LogP contribution in [0.15, 0.2) is 48.5 Å². The van der Waals surface area contributed by atoms with Crippen LogP contribution in [-0.2, 0) is 0 Å². The number of benzene rings is 2. The summed E-state index contributed by atoms with van der Waals surface area (Å²) in [5.41, 5.74) is 2.27. The molecule has 20 heavy (non-hydrogen) atoms. The zero-order valence-corrected chi connectivity index (χ0v) is 11.7. The Labute approximate surface area is 118 Å². The van der Waals surface area contributed by atoms with Crippen molar-refractivity contribution in [2.75, 3.05) is 30.9 Å². The average molecular weight is 274 g/mol.